The smallest absolute Gasteiger partial charge is 0.240 e. The number of nitrogens with zero attached hydrogens (tertiary/aromatic N) is 2. The minimum atomic E-state index is -3.22. The zero-order valence-electron chi connectivity index (χ0n) is 10.2. The summed E-state index contributed by atoms with van der Waals surface area (Å²) in [6, 6.07) is -0.952. The monoisotopic (exact) mass is 278 g/mol. The van der Waals surface area contributed by atoms with E-state index < -0.39 is 22.0 Å². The van der Waals surface area contributed by atoms with Crippen molar-refractivity contribution in [2.75, 3.05) is 32.4 Å². The van der Waals surface area contributed by atoms with Crippen LogP contribution in [-0.2, 0) is 19.6 Å². The van der Waals surface area contributed by atoms with Crippen LogP contribution < -0.4 is 11.5 Å². The maximum atomic E-state index is 11.8. The van der Waals surface area contributed by atoms with Gasteiger partial charge in [-0.25, -0.2) is 8.42 Å². The number of sulfonamides is 1. The van der Waals surface area contributed by atoms with Gasteiger partial charge in [0.15, 0.2) is 0 Å². The fourth-order valence-corrected chi connectivity index (χ4v) is 2.61. The Labute approximate surface area is 106 Å². The Morgan fingerprint density at radius 3 is 2.11 bits per heavy atom. The standard InChI is InChI=1S/C9H18N4O4S/c1-18(16,17)13-4-2-12(3-5-13)9(15)7(10)6-8(11)14/h7H,2-6,10H2,1H3,(H2,11,14). The number of carbonyl (C=O) groups is 2. The van der Waals surface area contributed by atoms with Crippen LogP contribution in [0.3, 0.4) is 0 Å². The molecule has 1 atom stereocenters. The van der Waals surface area contributed by atoms with E-state index >= 15 is 0 Å². The summed E-state index contributed by atoms with van der Waals surface area (Å²) in [7, 11) is -3.22. The van der Waals surface area contributed by atoms with Gasteiger partial charge in [0.2, 0.25) is 21.8 Å². The van der Waals surface area contributed by atoms with Crippen molar-refractivity contribution < 1.29 is 18.0 Å². The summed E-state index contributed by atoms with van der Waals surface area (Å²) in [6.45, 7) is 1.04. The molecule has 8 nitrogen and oxygen atoms in total. The molecular weight excluding hydrogens is 260 g/mol. The first-order valence-electron chi connectivity index (χ1n) is 5.49. The topological polar surface area (TPSA) is 127 Å². The molecule has 1 aliphatic rings. The molecule has 1 rings (SSSR count). The van der Waals surface area contributed by atoms with Crippen molar-refractivity contribution in [3.05, 3.63) is 0 Å². The van der Waals surface area contributed by atoms with Crippen molar-refractivity contribution in [3.8, 4) is 0 Å². The summed E-state index contributed by atoms with van der Waals surface area (Å²) in [5.74, 6) is -1.01. The van der Waals surface area contributed by atoms with E-state index in [0.29, 0.717) is 0 Å². The highest BCUT2D eigenvalue weighted by Gasteiger charge is 2.28. The lowest BCUT2D eigenvalue weighted by molar-refractivity contribution is -0.135. The molecule has 2 amide bonds. The van der Waals surface area contributed by atoms with Crippen LogP contribution in [0.1, 0.15) is 6.42 Å². The van der Waals surface area contributed by atoms with E-state index in [9.17, 15) is 18.0 Å². The van der Waals surface area contributed by atoms with Gasteiger partial charge in [0.25, 0.3) is 0 Å². The first-order valence-corrected chi connectivity index (χ1v) is 7.34. The molecule has 1 saturated heterocycles. The van der Waals surface area contributed by atoms with Gasteiger partial charge < -0.3 is 16.4 Å². The Bertz CT molecular complexity index is 428. The van der Waals surface area contributed by atoms with Crippen LogP contribution >= 0.6 is 0 Å². The average molecular weight is 278 g/mol. The van der Waals surface area contributed by atoms with Gasteiger partial charge in [0.05, 0.1) is 18.7 Å². The second-order valence-electron chi connectivity index (χ2n) is 4.26. The third-order valence-electron chi connectivity index (χ3n) is 2.76. The molecule has 9 heteroatoms. The minimum Gasteiger partial charge on any atom is -0.370 e. The molecular formula is C9H18N4O4S. The van der Waals surface area contributed by atoms with E-state index in [-0.39, 0.29) is 38.5 Å². The highest BCUT2D eigenvalue weighted by atomic mass is 32.2. The number of rotatable bonds is 4. The van der Waals surface area contributed by atoms with Crippen molar-refractivity contribution in [1.82, 2.24) is 9.21 Å². The number of nitrogens with two attached hydrogens (primary N) is 2. The van der Waals surface area contributed by atoms with Gasteiger partial charge in [-0.15, -0.1) is 0 Å². The van der Waals surface area contributed by atoms with E-state index in [2.05, 4.69) is 0 Å². The largest absolute Gasteiger partial charge is 0.370 e. The molecule has 0 radical (unpaired) electrons. The molecule has 0 saturated carbocycles. The summed E-state index contributed by atoms with van der Waals surface area (Å²) >= 11 is 0. The fraction of sp³-hybridized carbons (Fsp3) is 0.778. The van der Waals surface area contributed by atoms with Gasteiger partial charge in [-0.3, -0.25) is 9.59 Å². The number of amides is 2. The predicted molar refractivity (Wildman–Crippen MR) is 64.8 cm³/mol. The predicted octanol–water partition coefficient (Wildman–Crippen LogP) is -2.71. The number of piperazine rings is 1. The highest BCUT2D eigenvalue weighted by Crippen LogP contribution is 2.07. The van der Waals surface area contributed by atoms with Crippen LogP contribution in [0.15, 0.2) is 0 Å². The maximum absolute atomic E-state index is 11.8. The van der Waals surface area contributed by atoms with E-state index in [1.807, 2.05) is 0 Å². The lowest BCUT2D eigenvalue weighted by Gasteiger charge is -2.34. The lowest BCUT2D eigenvalue weighted by atomic mass is 10.1. The van der Waals surface area contributed by atoms with Gasteiger partial charge in [0, 0.05) is 26.2 Å². The number of hydrogen-bond acceptors (Lipinski definition) is 5. The quantitative estimate of drug-likeness (QED) is 0.578. The van der Waals surface area contributed by atoms with Crippen molar-refractivity contribution in [1.29, 1.82) is 0 Å². The van der Waals surface area contributed by atoms with Gasteiger partial charge in [0.1, 0.15) is 0 Å². The number of carbonyl (C=O) groups excluding carboxylic acids is 2. The van der Waals surface area contributed by atoms with Crippen molar-refractivity contribution >= 4 is 21.8 Å². The summed E-state index contributed by atoms with van der Waals surface area (Å²) in [6.07, 6.45) is 0.925. The third-order valence-corrected chi connectivity index (χ3v) is 4.06. The van der Waals surface area contributed by atoms with Gasteiger partial charge >= 0.3 is 0 Å². The van der Waals surface area contributed by atoms with E-state index in [0.717, 1.165) is 6.26 Å². The molecule has 0 aliphatic carbocycles. The molecule has 0 aromatic rings. The second-order valence-corrected chi connectivity index (χ2v) is 6.25. The first-order chi connectivity index (χ1) is 8.21. The Kier molecular flexibility index (Phi) is 4.65. The van der Waals surface area contributed by atoms with Crippen LogP contribution in [0.25, 0.3) is 0 Å². The van der Waals surface area contributed by atoms with Crippen LogP contribution in [0.2, 0.25) is 0 Å². The summed E-state index contributed by atoms with van der Waals surface area (Å²) in [5, 5.41) is 0. The normalized spacial score (nSPS) is 19.6. The zero-order valence-corrected chi connectivity index (χ0v) is 11.0. The average Bonchev–Trinajstić information content (AvgIpc) is 2.26. The summed E-state index contributed by atoms with van der Waals surface area (Å²) in [5.41, 5.74) is 10.5. The first kappa shape index (κ1) is 14.9. The highest BCUT2D eigenvalue weighted by molar-refractivity contribution is 7.88. The Morgan fingerprint density at radius 2 is 1.72 bits per heavy atom. The zero-order chi connectivity index (χ0) is 13.9. The SMILES string of the molecule is CS(=O)(=O)N1CCN(C(=O)C(N)CC(N)=O)CC1. The van der Waals surface area contributed by atoms with E-state index in [1.54, 1.807) is 0 Å². The van der Waals surface area contributed by atoms with Crippen molar-refractivity contribution in [2.45, 2.75) is 12.5 Å². The Balaban J connectivity index is 2.53. The Hall–Kier alpha value is -1.19. The van der Waals surface area contributed by atoms with E-state index in [1.165, 1.54) is 9.21 Å². The molecule has 1 heterocycles. The van der Waals surface area contributed by atoms with Gasteiger partial charge in [-0.1, -0.05) is 0 Å². The van der Waals surface area contributed by atoms with Crippen LogP contribution in [0, 0.1) is 0 Å². The Morgan fingerprint density at radius 1 is 1.22 bits per heavy atom. The second kappa shape index (κ2) is 5.63. The van der Waals surface area contributed by atoms with Gasteiger partial charge in [-0.2, -0.15) is 4.31 Å². The fourth-order valence-electron chi connectivity index (χ4n) is 1.78. The molecule has 0 aromatic carbocycles. The molecule has 0 bridgehead atoms. The van der Waals surface area contributed by atoms with Crippen LogP contribution in [0.4, 0.5) is 0 Å². The third kappa shape index (κ3) is 3.93. The summed E-state index contributed by atoms with van der Waals surface area (Å²) < 4.78 is 23.9. The molecule has 0 spiro atoms. The summed E-state index contributed by atoms with van der Waals surface area (Å²) in [4.78, 5) is 23.9. The van der Waals surface area contributed by atoms with Crippen LogP contribution in [0.5, 0.6) is 0 Å². The van der Waals surface area contributed by atoms with Crippen molar-refractivity contribution in [2.24, 2.45) is 11.5 Å². The van der Waals surface area contributed by atoms with Crippen LogP contribution in [-0.4, -0.2) is 67.9 Å². The number of primary amides is 1. The molecule has 1 aliphatic heterocycles. The molecule has 18 heavy (non-hydrogen) atoms. The molecule has 1 unspecified atom stereocenters. The van der Waals surface area contributed by atoms with Gasteiger partial charge in [-0.05, 0) is 0 Å². The molecule has 1 fully saturated rings. The number of hydrogen-bond donors (Lipinski definition) is 2. The lowest BCUT2D eigenvalue weighted by Crippen LogP contribution is -2.54. The maximum Gasteiger partial charge on any atom is 0.240 e. The molecule has 4 N–H and O–H groups in total. The van der Waals surface area contributed by atoms with Crippen molar-refractivity contribution in [3.63, 3.8) is 0 Å². The molecule has 104 valence electrons. The minimum absolute atomic E-state index is 0.203. The molecule has 0 aromatic heterocycles. The van der Waals surface area contributed by atoms with E-state index in [4.69, 9.17) is 11.5 Å².